The third-order valence-electron chi connectivity index (χ3n) is 3.93. The Bertz CT molecular complexity index is 562. The van der Waals surface area contributed by atoms with Crippen molar-refractivity contribution in [3.05, 3.63) is 53.9 Å². The number of hydrogen-bond acceptors (Lipinski definition) is 2. The first-order valence-electron chi connectivity index (χ1n) is 7.09. The Kier molecular flexibility index (Phi) is 5.16. The van der Waals surface area contributed by atoms with Crippen LogP contribution < -0.4 is 5.32 Å². The van der Waals surface area contributed by atoms with E-state index in [9.17, 15) is 0 Å². The minimum atomic E-state index is 0. The molecule has 3 heteroatoms. The number of hydrogen-bond donors (Lipinski definition) is 1. The van der Waals surface area contributed by atoms with Crippen LogP contribution in [-0.4, -0.2) is 11.5 Å². The molecule has 1 unspecified atom stereocenters. The summed E-state index contributed by atoms with van der Waals surface area (Å²) in [6.07, 6.45) is 7.68. The average Bonchev–Trinajstić information content (AvgIpc) is 2.49. The van der Waals surface area contributed by atoms with E-state index in [1.807, 2.05) is 12.4 Å². The minimum absolute atomic E-state index is 0. The standard InChI is InChI=1S/C17H20N2.ClH/c1-13-12-18-10-8-16(13)14-5-4-6-15(11-14)17-7-2-3-9-19-17;/h4-6,8,10-12,17,19H,2-3,7,9H2,1H3;1H. The maximum Gasteiger partial charge on any atom is 0.0320 e. The van der Waals surface area contributed by atoms with Gasteiger partial charge in [0.1, 0.15) is 0 Å². The molecular weight excluding hydrogens is 268 g/mol. The van der Waals surface area contributed by atoms with Crippen LogP contribution in [-0.2, 0) is 0 Å². The van der Waals surface area contributed by atoms with Crippen molar-refractivity contribution in [3.8, 4) is 11.1 Å². The van der Waals surface area contributed by atoms with Crippen LogP contribution in [0.1, 0.15) is 36.4 Å². The molecule has 1 saturated heterocycles. The lowest BCUT2D eigenvalue weighted by atomic mass is 9.94. The highest BCUT2D eigenvalue weighted by Gasteiger charge is 2.15. The Morgan fingerprint density at radius 2 is 2.10 bits per heavy atom. The second-order valence-corrected chi connectivity index (χ2v) is 5.32. The summed E-state index contributed by atoms with van der Waals surface area (Å²) >= 11 is 0. The summed E-state index contributed by atoms with van der Waals surface area (Å²) in [4.78, 5) is 4.17. The third kappa shape index (κ3) is 3.20. The van der Waals surface area contributed by atoms with Gasteiger partial charge in [0.05, 0.1) is 0 Å². The molecule has 0 radical (unpaired) electrons. The van der Waals surface area contributed by atoms with Gasteiger partial charge in [0.25, 0.3) is 0 Å². The van der Waals surface area contributed by atoms with Gasteiger partial charge >= 0.3 is 0 Å². The van der Waals surface area contributed by atoms with Crippen molar-refractivity contribution >= 4 is 12.4 Å². The van der Waals surface area contributed by atoms with Crippen LogP contribution in [0.25, 0.3) is 11.1 Å². The molecule has 20 heavy (non-hydrogen) atoms. The Labute approximate surface area is 127 Å². The summed E-state index contributed by atoms with van der Waals surface area (Å²) < 4.78 is 0. The van der Waals surface area contributed by atoms with Crippen LogP contribution in [0.15, 0.2) is 42.7 Å². The largest absolute Gasteiger partial charge is 0.310 e. The molecule has 106 valence electrons. The number of benzene rings is 1. The van der Waals surface area contributed by atoms with Crippen molar-refractivity contribution in [2.75, 3.05) is 6.54 Å². The number of aromatic nitrogens is 1. The molecule has 2 aromatic rings. The second-order valence-electron chi connectivity index (χ2n) is 5.32. The zero-order valence-electron chi connectivity index (χ0n) is 11.8. The van der Waals surface area contributed by atoms with E-state index in [2.05, 4.69) is 47.6 Å². The number of pyridine rings is 1. The van der Waals surface area contributed by atoms with Crippen molar-refractivity contribution < 1.29 is 0 Å². The van der Waals surface area contributed by atoms with Crippen molar-refractivity contribution in [2.45, 2.75) is 32.2 Å². The van der Waals surface area contributed by atoms with Gasteiger partial charge in [0.2, 0.25) is 0 Å². The molecule has 2 heterocycles. The fourth-order valence-corrected chi connectivity index (χ4v) is 2.86. The molecule has 0 bridgehead atoms. The molecule has 1 aromatic carbocycles. The Balaban J connectivity index is 0.00000147. The molecule has 1 atom stereocenters. The first-order valence-corrected chi connectivity index (χ1v) is 7.09. The monoisotopic (exact) mass is 288 g/mol. The number of halogens is 1. The van der Waals surface area contributed by atoms with E-state index in [1.54, 1.807) is 0 Å². The van der Waals surface area contributed by atoms with Gasteiger partial charge in [-0.1, -0.05) is 24.6 Å². The van der Waals surface area contributed by atoms with Crippen molar-refractivity contribution in [2.24, 2.45) is 0 Å². The molecule has 1 aliphatic heterocycles. The van der Waals surface area contributed by atoms with Crippen molar-refractivity contribution in [3.63, 3.8) is 0 Å². The van der Waals surface area contributed by atoms with Crippen LogP contribution in [0.3, 0.4) is 0 Å². The van der Waals surface area contributed by atoms with Gasteiger partial charge in [-0.05, 0) is 60.7 Å². The number of rotatable bonds is 2. The van der Waals surface area contributed by atoms with Gasteiger partial charge < -0.3 is 5.32 Å². The normalized spacial score (nSPS) is 18.4. The lowest BCUT2D eigenvalue weighted by Gasteiger charge is -2.24. The van der Waals surface area contributed by atoms with Crippen LogP contribution in [0, 0.1) is 6.92 Å². The van der Waals surface area contributed by atoms with E-state index >= 15 is 0 Å². The summed E-state index contributed by atoms with van der Waals surface area (Å²) in [5.41, 5.74) is 5.22. The molecule has 0 spiro atoms. The molecule has 0 amide bonds. The molecule has 0 aliphatic carbocycles. The summed E-state index contributed by atoms with van der Waals surface area (Å²) in [6, 6.07) is 11.5. The van der Waals surface area contributed by atoms with E-state index in [1.165, 1.54) is 41.5 Å². The number of aryl methyl sites for hydroxylation is 1. The number of nitrogens with zero attached hydrogens (tertiary/aromatic N) is 1. The molecule has 1 fully saturated rings. The molecule has 0 saturated carbocycles. The Morgan fingerprint density at radius 3 is 2.85 bits per heavy atom. The molecule has 1 N–H and O–H groups in total. The summed E-state index contributed by atoms with van der Waals surface area (Å²) in [6.45, 7) is 3.26. The fraction of sp³-hybridized carbons (Fsp3) is 0.353. The van der Waals surface area contributed by atoms with Crippen LogP contribution in [0.4, 0.5) is 0 Å². The van der Waals surface area contributed by atoms with Gasteiger partial charge in [-0.25, -0.2) is 0 Å². The predicted molar refractivity (Wildman–Crippen MR) is 86.3 cm³/mol. The van der Waals surface area contributed by atoms with Crippen molar-refractivity contribution in [1.29, 1.82) is 0 Å². The number of piperidine rings is 1. The van der Waals surface area contributed by atoms with E-state index in [-0.39, 0.29) is 12.4 Å². The summed E-state index contributed by atoms with van der Waals surface area (Å²) in [7, 11) is 0. The van der Waals surface area contributed by atoms with Crippen molar-refractivity contribution in [1.82, 2.24) is 10.3 Å². The minimum Gasteiger partial charge on any atom is -0.310 e. The molecule has 1 aromatic heterocycles. The maximum absolute atomic E-state index is 4.17. The van der Waals surface area contributed by atoms with Gasteiger partial charge in [0.15, 0.2) is 0 Å². The van der Waals surface area contributed by atoms with Crippen LogP contribution >= 0.6 is 12.4 Å². The van der Waals surface area contributed by atoms with Gasteiger partial charge in [-0.15, -0.1) is 12.4 Å². The van der Waals surface area contributed by atoms with E-state index in [4.69, 9.17) is 0 Å². The van der Waals surface area contributed by atoms with Gasteiger partial charge in [-0.3, -0.25) is 4.98 Å². The van der Waals surface area contributed by atoms with Gasteiger partial charge in [0, 0.05) is 18.4 Å². The summed E-state index contributed by atoms with van der Waals surface area (Å²) in [5, 5.41) is 3.62. The zero-order chi connectivity index (χ0) is 13.1. The van der Waals surface area contributed by atoms with E-state index in [0.29, 0.717) is 6.04 Å². The summed E-state index contributed by atoms with van der Waals surface area (Å²) in [5.74, 6) is 0. The maximum atomic E-state index is 4.17. The SMILES string of the molecule is Cc1cnccc1-c1cccc(C2CCCCN2)c1.Cl. The third-order valence-corrected chi connectivity index (χ3v) is 3.93. The molecule has 1 aliphatic rings. The average molecular weight is 289 g/mol. The Hall–Kier alpha value is -1.38. The lowest BCUT2D eigenvalue weighted by molar-refractivity contribution is 0.412. The molecule has 2 nitrogen and oxygen atoms in total. The highest BCUT2D eigenvalue weighted by Crippen LogP contribution is 2.28. The predicted octanol–water partition coefficient (Wildman–Crippen LogP) is 4.29. The first kappa shape index (κ1) is 15.0. The quantitative estimate of drug-likeness (QED) is 0.891. The van der Waals surface area contributed by atoms with E-state index in [0.717, 1.165) is 6.54 Å². The highest BCUT2D eigenvalue weighted by molar-refractivity contribution is 5.85. The molecular formula is C17H21ClN2. The Morgan fingerprint density at radius 1 is 1.20 bits per heavy atom. The fourth-order valence-electron chi connectivity index (χ4n) is 2.86. The second kappa shape index (κ2) is 6.87. The zero-order valence-corrected chi connectivity index (χ0v) is 12.6. The lowest BCUT2D eigenvalue weighted by Crippen LogP contribution is -2.26. The topological polar surface area (TPSA) is 24.9 Å². The smallest absolute Gasteiger partial charge is 0.0320 e. The van der Waals surface area contributed by atoms with E-state index < -0.39 is 0 Å². The van der Waals surface area contributed by atoms with Gasteiger partial charge in [-0.2, -0.15) is 0 Å². The first-order chi connectivity index (χ1) is 9.34. The molecule has 3 rings (SSSR count). The number of nitrogens with one attached hydrogen (secondary N) is 1. The van der Waals surface area contributed by atoms with Crippen LogP contribution in [0.5, 0.6) is 0 Å². The highest BCUT2D eigenvalue weighted by atomic mass is 35.5. The van der Waals surface area contributed by atoms with Crippen LogP contribution in [0.2, 0.25) is 0 Å².